The van der Waals surface area contributed by atoms with Gasteiger partial charge < -0.3 is 11.5 Å². The smallest absolute Gasteiger partial charge is 0.0899 e. The molecule has 0 fully saturated rings. The highest BCUT2D eigenvalue weighted by molar-refractivity contribution is 7.23. The van der Waals surface area contributed by atoms with Gasteiger partial charge in [-0.05, 0) is 23.9 Å². The molecule has 0 aliphatic rings. The quantitative estimate of drug-likeness (QED) is 0.608. The van der Waals surface area contributed by atoms with Crippen molar-refractivity contribution in [3.63, 3.8) is 0 Å². The Morgan fingerprint density at radius 3 is 2.67 bits per heavy atom. The summed E-state index contributed by atoms with van der Waals surface area (Å²) in [7, 11) is 0. The molecule has 1 aromatic carbocycles. The second-order valence-electron chi connectivity index (χ2n) is 2.82. The molecule has 0 aliphatic heterocycles. The van der Waals surface area contributed by atoms with E-state index in [-0.39, 0.29) is 0 Å². The fourth-order valence-electron chi connectivity index (χ4n) is 1.28. The molecule has 0 atom stereocenters. The van der Waals surface area contributed by atoms with Gasteiger partial charge in [-0.25, -0.2) is 0 Å². The van der Waals surface area contributed by atoms with Crippen LogP contribution in [-0.2, 0) is 0 Å². The maximum atomic E-state index is 5.79. The molecule has 0 radical (unpaired) electrons. The molecule has 0 spiro atoms. The molecule has 62 valence electrons. The van der Waals surface area contributed by atoms with E-state index in [2.05, 4.69) is 0 Å². The number of hydrogen-bond donors (Lipinski definition) is 2. The van der Waals surface area contributed by atoms with Crippen LogP contribution in [0.2, 0.25) is 0 Å². The number of hydrogen-bond acceptors (Lipinski definition) is 3. The second-order valence-corrected chi connectivity index (χ2v) is 3.87. The van der Waals surface area contributed by atoms with Crippen molar-refractivity contribution in [2.24, 2.45) is 0 Å². The summed E-state index contributed by atoms with van der Waals surface area (Å²) < 4.78 is 1.10. The Kier molecular flexibility index (Phi) is 1.48. The Morgan fingerprint density at radius 2 is 2.00 bits per heavy atom. The highest BCUT2D eigenvalue weighted by atomic mass is 32.1. The molecule has 12 heavy (non-hydrogen) atoms. The van der Waals surface area contributed by atoms with Crippen LogP contribution >= 0.6 is 11.3 Å². The van der Waals surface area contributed by atoms with Crippen LogP contribution in [-0.4, -0.2) is 0 Å². The topological polar surface area (TPSA) is 52.0 Å². The summed E-state index contributed by atoms with van der Waals surface area (Å²) in [6.07, 6.45) is 0. The van der Waals surface area contributed by atoms with E-state index in [0.717, 1.165) is 21.0 Å². The molecule has 0 aliphatic carbocycles. The van der Waals surface area contributed by atoms with Crippen molar-refractivity contribution in [1.29, 1.82) is 0 Å². The lowest BCUT2D eigenvalue weighted by molar-refractivity contribution is 1.59. The molecule has 0 amide bonds. The molecule has 0 saturated heterocycles. The van der Waals surface area contributed by atoms with Gasteiger partial charge in [0.05, 0.1) is 9.70 Å². The van der Waals surface area contributed by atoms with Crippen molar-refractivity contribution < 1.29 is 0 Å². The summed E-state index contributed by atoms with van der Waals surface area (Å²) >= 11 is 1.56. The summed E-state index contributed by atoms with van der Waals surface area (Å²) in [4.78, 5) is 0. The zero-order valence-electron chi connectivity index (χ0n) is 6.79. The van der Waals surface area contributed by atoms with Crippen LogP contribution in [0, 0.1) is 6.92 Å². The first-order valence-electron chi connectivity index (χ1n) is 3.73. The summed E-state index contributed by atoms with van der Waals surface area (Å²) in [6, 6.07) is 5.91. The van der Waals surface area contributed by atoms with Gasteiger partial charge in [-0.1, -0.05) is 12.1 Å². The number of nitrogens with two attached hydrogens (primary N) is 2. The number of thiophene rings is 1. The maximum Gasteiger partial charge on any atom is 0.0899 e. The SMILES string of the molecule is Cc1c(N)sc2c(N)cccc12. The molecular weight excluding hydrogens is 168 g/mol. The lowest BCUT2D eigenvalue weighted by Crippen LogP contribution is -1.82. The average Bonchev–Trinajstić information content (AvgIpc) is 2.32. The lowest BCUT2D eigenvalue weighted by Gasteiger charge is -1.93. The highest BCUT2D eigenvalue weighted by Gasteiger charge is 2.06. The van der Waals surface area contributed by atoms with Crippen molar-refractivity contribution in [2.45, 2.75) is 6.92 Å². The van der Waals surface area contributed by atoms with Crippen LogP contribution in [0.15, 0.2) is 18.2 Å². The van der Waals surface area contributed by atoms with Crippen LogP contribution in [0.5, 0.6) is 0 Å². The van der Waals surface area contributed by atoms with Gasteiger partial charge in [-0.2, -0.15) is 0 Å². The van der Waals surface area contributed by atoms with Crippen molar-refractivity contribution in [3.05, 3.63) is 23.8 Å². The first kappa shape index (κ1) is 7.43. The van der Waals surface area contributed by atoms with Gasteiger partial charge >= 0.3 is 0 Å². The van der Waals surface area contributed by atoms with Gasteiger partial charge in [0.1, 0.15) is 0 Å². The van der Waals surface area contributed by atoms with Gasteiger partial charge in [0.25, 0.3) is 0 Å². The monoisotopic (exact) mass is 178 g/mol. The summed E-state index contributed by atoms with van der Waals surface area (Å²) in [5.41, 5.74) is 13.5. The molecule has 4 N–H and O–H groups in total. The van der Waals surface area contributed by atoms with E-state index in [1.807, 2.05) is 25.1 Å². The number of aryl methyl sites for hydroxylation is 1. The van der Waals surface area contributed by atoms with Gasteiger partial charge in [0, 0.05) is 5.69 Å². The standard InChI is InChI=1S/C9H10N2S/c1-5-6-3-2-4-7(10)8(6)12-9(5)11/h2-4H,10-11H2,1H3. The van der Waals surface area contributed by atoms with Crippen molar-refractivity contribution >= 4 is 32.1 Å². The van der Waals surface area contributed by atoms with E-state index in [4.69, 9.17) is 11.5 Å². The van der Waals surface area contributed by atoms with Gasteiger partial charge in [0.15, 0.2) is 0 Å². The minimum atomic E-state index is 0.817. The van der Waals surface area contributed by atoms with Crippen LogP contribution in [0.25, 0.3) is 10.1 Å². The van der Waals surface area contributed by atoms with Gasteiger partial charge in [0.2, 0.25) is 0 Å². The van der Waals surface area contributed by atoms with Gasteiger partial charge in [-0.15, -0.1) is 11.3 Å². The van der Waals surface area contributed by atoms with Crippen molar-refractivity contribution in [2.75, 3.05) is 11.5 Å². The van der Waals surface area contributed by atoms with E-state index in [1.54, 1.807) is 11.3 Å². The largest absolute Gasteiger partial charge is 0.398 e. The van der Waals surface area contributed by atoms with Crippen molar-refractivity contribution in [1.82, 2.24) is 0 Å². The Labute approximate surface area is 74.8 Å². The third-order valence-electron chi connectivity index (χ3n) is 2.03. The molecule has 1 heterocycles. The van der Waals surface area contributed by atoms with Crippen LogP contribution in [0.4, 0.5) is 10.7 Å². The highest BCUT2D eigenvalue weighted by Crippen LogP contribution is 2.35. The molecule has 0 unspecified atom stereocenters. The molecule has 2 nitrogen and oxygen atoms in total. The van der Waals surface area contributed by atoms with E-state index < -0.39 is 0 Å². The number of nitrogen functional groups attached to an aromatic ring is 2. The summed E-state index contributed by atoms with van der Waals surface area (Å²) in [5, 5.41) is 2.04. The van der Waals surface area contributed by atoms with Gasteiger partial charge in [-0.3, -0.25) is 0 Å². The minimum Gasteiger partial charge on any atom is -0.398 e. The fraction of sp³-hybridized carbons (Fsp3) is 0.111. The van der Waals surface area contributed by atoms with E-state index >= 15 is 0 Å². The molecule has 2 rings (SSSR count). The van der Waals surface area contributed by atoms with Crippen LogP contribution in [0.1, 0.15) is 5.56 Å². The first-order valence-corrected chi connectivity index (χ1v) is 4.55. The average molecular weight is 178 g/mol. The summed E-state index contributed by atoms with van der Waals surface area (Å²) in [5.74, 6) is 0. The zero-order chi connectivity index (χ0) is 8.72. The Hall–Kier alpha value is -1.22. The maximum absolute atomic E-state index is 5.79. The molecule has 2 aromatic rings. The number of rotatable bonds is 0. The molecule has 0 bridgehead atoms. The minimum absolute atomic E-state index is 0.817. The van der Waals surface area contributed by atoms with Crippen LogP contribution < -0.4 is 11.5 Å². The third-order valence-corrected chi connectivity index (χ3v) is 3.22. The molecular formula is C9H10N2S. The lowest BCUT2D eigenvalue weighted by atomic mass is 10.2. The number of benzene rings is 1. The zero-order valence-corrected chi connectivity index (χ0v) is 7.61. The normalized spacial score (nSPS) is 10.8. The third kappa shape index (κ3) is 0.865. The Bertz CT molecular complexity index is 431. The number of anilines is 2. The van der Waals surface area contributed by atoms with Crippen molar-refractivity contribution in [3.8, 4) is 0 Å². The fourth-order valence-corrected chi connectivity index (χ4v) is 2.28. The summed E-state index contributed by atoms with van der Waals surface area (Å²) in [6.45, 7) is 2.02. The van der Waals surface area contributed by atoms with E-state index in [1.165, 1.54) is 5.39 Å². The number of fused-ring (bicyclic) bond motifs is 1. The molecule has 1 aromatic heterocycles. The predicted molar refractivity (Wildman–Crippen MR) is 55.4 cm³/mol. The Balaban J connectivity index is 2.95. The Morgan fingerprint density at radius 1 is 1.25 bits per heavy atom. The van der Waals surface area contributed by atoms with Crippen LogP contribution in [0.3, 0.4) is 0 Å². The first-order chi connectivity index (χ1) is 5.70. The predicted octanol–water partition coefficient (Wildman–Crippen LogP) is 2.37. The van der Waals surface area contributed by atoms with E-state index in [0.29, 0.717) is 0 Å². The molecule has 3 heteroatoms. The second kappa shape index (κ2) is 2.38. The molecule has 0 saturated carbocycles. The van der Waals surface area contributed by atoms with E-state index in [9.17, 15) is 0 Å².